The maximum absolute atomic E-state index is 5.67. The van der Waals surface area contributed by atoms with Crippen LogP contribution in [0.5, 0.6) is 0 Å². The number of rotatable bonds is 0. The Labute approximate surface area is 67.9 Å². The van der Waals surface area contributed by atoms with E-state index in [2.05, 4.69) is 20.8 Å². The minimum atomic E-state index is 0.0891. The molecule has 2 nitrogen and oxygen atoms in total. The van der Waals surface area contributed by atoms with Gasteiger partial charge >= 0.3 is 0 Å². The van der Waals surface area contributed by atoms with Gasteiger partial charge in [0.25, 0.3) is 0 Å². The first kappa shape index (κ1) is 7.56. The van der Waals surface area contributed by atoms with Crippen molar-refractivity contribution in [1.29, 1.82) is 0 Å². The molecule has 2 bridgehead atoms. The van der Waals surface area contributed by atoms with Crippen molar-refractivity contribution in [3.63, 3.8) is 0 Å². The first-order valence-electron chi connectivity index (χ1n) is 4.47. The van der Waals surface area contributed by atoms with E-state index in [0.717, 1.165) is 12.5 Å². The molecular weight excluding hydrogens is 140 g/mol. The lowest BCUT2D eigenvalue weighted by molar-refractivity contribution is -0.150. The third-order valence-corrected chi connectivity index (χ3v) is 3.41. The normalized spacial score (nSPS) is 56.5. The predicted molar refractivity (Wildman–Crippen MR) is 42.1 cm³/mol. The Kier molecular flexibility index (Phi) is 1.69. The van der Waals surface area contributed by atoms with Crippen molar-refractivity contribution >= 4 is 0 Å². The van der Waals surface area contributed by atoms with E-state index < -0.39 is 0 Å². The molecule has 0 radical (unpaired) electrons. The maximum atomic E-state index is 5.67. The molecule has 2 fully saturated rings. The van der Waals surface area contributed by atoms with Gasteiger partial charge in [-0.2, -0.15) is 0 Å². The molecule has 0 N–H and O–H groups in total. The average Bonchev–Trinajstić information content (AvgIpc) is 2.44. The molecule has 2 rings (SSSR count). The average molecular weight is 156 g/mol. The molecular formula is C9H16O2. The van der Waals surface area contributed by atoms with Gasteiger partial charge in [-0.05, 0) is 11.8 Å². The summed E-state index contributed by atoms with van der Waals surface area (Å²) >= 11 is 0. The minimum Gasteiger partial charge on any atom is -0.350 e. The molecule has 11 heavy (non-hydrogen) atoms. The van der Waals surface area contributed by atoms with Gasteiger partial charge in [0, 0.05) is 5.92 Å². The van der Waals surface area contributed by atoms with Gasteiger partial charge in [0.15, 0.2) is 6.29 Å². The lowest BCUT2D eigenvalue weighted by Crippen LogP contribution is -2.39. The Hall–Kier alpha value is -0.0800. The Bertz CT molecular complexity index is 138. The lowest BCUT2D eigenvalue weighted by atomic mass is 9.80. The minimum absolute atomic E-state index is 0.0891. The van der Waals surface area contributed by atoms with Crippen molar-refractivity contribution in [2.45, 2.75) is 33.2 Å². The summed E-state index contributed by atoms with van der Waals surface area (Å²) in [4.78, 5) is 0. The van der Waals surface area contributed by atoms with Gasteiger partial charge in [0.1, 0.15) is 0 Å². The topological polar surface area (TPSA) is 18.5 Å². The van der Waals surface area contributed by atoms with Crippen LogP contribution in [0, 0.1) is 17.8 Å². The van der Waals surface area contributed by atoms with Gasteiger partial charge in [-0.25, -0.2) is 0 Å². The number of hydrogen-bond donors (Lipinski definition) is 0. The Morgan fingerprint density at radius 3 is 2.45 bits per heavy atom. The van der Waals surface area contributed by atoms with Gasteiger partial charge in [-0.1, -0.05) is 20.8 Å². The second-order valence-electron chi connectivity index (χ2n) is 3.95. The first-order valence-corrected chi connectivity index (χ1v) is 4.47. The van der Waals surface area contributed by atoms with E-state index in [9.17, 15) is 0 Å². The molecule has 0 saturated carbocycles. The van der Waals surface area contributed by atoms with Crippen LogP contribution in [0.2, 0.25) is 0 Å². The van der Waals surface area contributed by atoms with Crippen LogP contribution in [-0.4, -0.2) is 19.0 Å². The Balaban J connectivity index is 2.16. The van der Waals surface area contributed by atoms with E-state index in [-0.39, 0.29) is 6.29 Å². The fourth-order valence-corrected chi connectivity index (χ4v) is 2.06. The number of hydrogen-bond acceptors (Lipinski definition) is 2. The zero-order valence-corrected chi connectivity index (χ0v) is 7.41. The maximum Gasteiger partial charge on any atom is 0.160 e. The highest BCUT2D eigenvalue weighted by molar-refractivity contribution is 4.86. The van der Waals surface area contributed by atoms with E-state index in [1.807, 2.05) is 0 Å². The third kappa shape index (κ3) is 1.00. The SMILES string of the molecule is CC1[C@@H]2OCC(O2)[C@@H](C)[C@@H]1C. The number of ether oxygens (including phenoxy) is 2. The zero-order chi connectivity index (χ0) is 8.01. The molecule has 0 aliphatic carbocycles. The van der Waals surface area contributed by atoms with Crippen LogP contribution in [0.25, 0.3) is 0 Å². The van der Waals surface area contributed by atoms with Crippen molar-refractivity contribution in [2.75, 3.05) is 6.61 Å². The van der Waals surface area contributed by atoms with Gasteiger partial charge in [0.2, 0.25) is 0 Å². The van der Waals surface area contributed by atoms with E-state index in [4.69, 9.17) is 9.47 Å². The van der Waals surface area contributed by atoms with E-state index in [1.165, 1.54) is 0 Å². The molecule has 2 unspecified atom stereocenters. The highest BCUT2D eigenvalue weighted by Crippen LogP contribution is 2.39. The predicted octanol–water partition coefficient (Wildman–Crippen LogP) is 1.65. The van der Waals surface area contributed by atoms with Crippen molar-refractivity contribution in [2.24, 2.45) is 17.8 Å². The van der Waals surface area contributed by atoms with Crippen LogP contribution < -0.4 is 0 Å². The van der Waals surface area contributed by atoms with E-state index >= 15 is 0 Å². The molecule has 2 aliphatic heterocycles. The highest BCUT2D eigenvalue weighted by atomic mass is 16.7. The van der Waals surface area contributed by atoms with Gasteiger partial charge < -0.3 is 9.47 Å². The number of fused-ring (bicyclic) bond motifs is 2. The second kappa shape index (κ2) is 2.46. The lowest BCUT2D eigenvalue weighted by Gasteiger charge is -2.35. The van der Waals surface area contributed by atoms with Crippen LogP contribution in [0.1, 0.15) is 20.8 Å². The largest absolute Gasteiger partial charge is 0.350 e. The molecule has 64 valence electrons. The fourth-order valence-electron chi connectivity index (χ4n) is 2.06. The molecule has 0 amide bonds. The Morgan fingerprint density at radius 2 is 1.73 bits per heavy atom. The molecule has 0 spiro atoms. The summed E-state index contributed by atoms with van der Waals surface area (Å²) in [7, 11) is 0. The summed E-state index contributed by atoms with van der Waals surface area (Å²) in [5.74, 6) is 1.95. The standard InChI is InChI=1S/C9H16O2/c1-5-6(2)8-4-10-9(11-8)7(5)3/h5-9H,4H2,1-3H3/t5-,6-,7?,8?,9+/m0/s1. The summed E-state index contributed by atoms with van der Waals surface area (Å²) in [5.41, 5.74) is 0. The van der Waals surface area contributed by atoms with Crippen LogP contribution in [0.4, 0.5) is 0 Å². The molecule has 0 aromatic heterocycles. The van der Waals surface area contributed by atoms with Crippen molar-refractivity contribution in [3.05, 3.63) is 0 Å². The van der Waals surface area contributed by atoms with Crippen molar-refractivity contribution in [3.8, 4) is 0 Å². The highest BCUT2D eigenvalue weighted by Gasteiger charge is 2.44. The van der Waals surface area contributed by atoms with Gasteiger partial charge in [-0.15, -0.1) is 0 Å². The summed E-state index contributed by atoms with van der Waals surface area (Å²) in [5, 5.41) is 0. The monoisotopic (exact) mass is 156 g/mol. The smallest absolute Gasteiger partial charge is 0.160 e. The van der Waals surface area contributed by atoms with Gasteiger partial charge in [-0.3, -0.25) is 0 Å². The molecule has 2 heterocycles. The summed E-state index contributed by atoms with van der Waals surface area (Å²) in [6, 6.07) is 0. The Morgan fingerprint density at radius 1 is 1.00 bits per heavy atom. The third-order valence-electron chi connectivity index (χ3n) is 3.41. The molecule has 0 aromatic rings. The van der Waals surface area contributed by atoms with Crippen molar-refractivity contribution < 1.29 is 9.47 Å². The van der Waals surface area contributed by atoms with Crippen LogP contribution in [0.3, 0.4) is 0 Å². The van der Waals surface area contributed by atoms with E-state index in [0.29, 0.717) is 17.9 Å². The van der Waals surface area contributed by atoms with E-state index in [1.54, 1.807) is 0 Å². The second-order valence-corrected chi connectivity index (χ2v) is 3.95. The van der Waals surface area contributed by atoms with Crippen LogP contribution in [0.15, 0.2) is 0 Å². The van der Waals surface area contributed by atoms with Crippen LogP contribution in [-0.2, 0) is 9.47 Å². The molecule has 2 aliphatic rings. The molecule has 2 heteroatoms. The summed E-state index contributed by atoms with van der Waals surface area (Å²) < 4.78 is 11.2. The quantitative estimate of drug-likeness (QED) is 0.531. The molecule has 0 aromatic carbocycles. The molecule has 2 saturated heterocycles. The van der Waals surface area contributed by atoms with Gasteiger partial charge in [0.05, 0.1) is 12.7 Å². The van der Waals surface area contributed by atoms with Crippen molar-refractivity contribution in [1.82, 2.24) is 0 Å². The fraction of sp³-hybridized carbons (Fsp3) is 1.00. The summed E-state index contributed by atoms with van der Waals surface area (Å²) in [6.45, 7) is 7.58. The first-order chi connectivity index (χ1) is 5.20. The zero-order valence-electron chi connectivity index (χ0n) is 7.41. The summed E-state index contributed by atoms with van der Waals surface area (Å²) in [6.07, 6.45) is 0.456. The molecule has 5 atom stereocenters. The van der Waals surface area contributed by atoms with Crippen LogP contribution >= 0.6 is 0 Å².